The van der Waals surface area contributed by atoms with E-state index in [1.54, 1.807) is 6.07 Å². The molecule has 0 spiro atoms. The molecule has 1 aliphatic heterocycles. The van der Waals surface area contributed by atoms with Crippen LogP contribution in [-0.4, -0.2) is 47.3 Å². The van der Waals surface area contributed by atoms with Gasteiger partial charge in [0.05, 0.1) is 0 Å². The van der Waals surface area contributed by atoms with E-state index in [2.05, 4.69) is 22.0 Å². The molecule has 32 heavy (non-hydrogen) atoms. The molecule has 0 bridgehead atoms. The molecular formula is C26H36FN3O2. The van der Waals surface area contributed by atoms with Gasteiger partial charge in [0.1, 0.15) is 5.82 Å². The van der Waals surface area contributed by atoms with Gasteiger partial charge in [0.25, 0.3) is 0 Å². The quantitative estimate of drug-likeness (QED) is 0.740. The van der Waals surface area contributed by atoms with Crippen molar-refractivity contribution in [3.63, 3.8) is 0 Å². The molecule has 1 aromatic rings. The van der Waals surface area contributed by atoms with E-state index in [9.17, 15) is 14.0 Å². The summed E-state index contributed by atoms with van der Waals surface area (Å²) in [5.41, 5.74) is 2.47. The van der Waals surface area contributed by atoms with E-state index in [0.717, 1.165) is 56.4 Å². The Bertz CT molecular complexity index is 887. The van der Waals surface area contributed by atoms with E-state index in [1.165, 1.54) is 25.3 Å². The molecule has 1 N–H and O–H groups in total. The molecule has 3 aliphatic carbocycles. The second-order valence-corrected chi connectivity index (χ2v) is 10.6. The van der Waals surface area contributed by atoms with Crippen molar-refractivity contribution >= 4 is 17.5 Å². The zero-order chi connectivity index (χ0) is 22.4. The highest BCUT2D eigenvalue weighted by Gasteiger charge is 2.56. The summed E-state index contributed by atoms with van der Waals surface area (Å²) in [7, 11) is 0. The maximum atomic E-state index is 14.5. The lowest BCUT2D eigenvalue weighted by atomic mass is 10.0. The molecule has 4 fully saturated rings. The monoisotopic (exact) mass is 441 g/mol. The van der Waals surface area contributed by atoms with Crippen LogP contribution in [0.3, 0.4) is 0 Å². The Morgan fingerprint density at radius 2 is 1.78 bits per heavy atom. The number of hydrogen-bond acceptors (Lipinski definition) is 3. The van der Waals surface area contributed by atoms with Gasteiger partial charge in [-0.1, -0.05) is 19.3 Å². The van der Waals surface area contributed by atoms with Crippen molar-refractivity contribution in [3.8, 4) is 0 Å². The molecule has 1 saturated heterocycles. The number of piperazine rings is 1. The fourth-order valence-electron chi connectivity index (χ4n) is 6.61. The van der Waals surface area contributed by atoms with Crippen molar-refractivity contribution < 1.29 is 14.0 Å². The van der Waals surface area contributed by atoms with Crippen LogP contribution in [0.1, 0.15) is 63.0 Å². The Morgan fingerprint density at radius 1 is 1.06 bits per heavy atom. The van der Waals surface area contributed by atoms with Crippen LogP contribution < -0.4 is 5.32 Å². The molecule has 3 saturated carbocycles. The minimum absolute atomic E-state index is 0.0620. The predicted octanol–water partition coefficient (Wildman–Crippen LogP) is 4.34. The third kappa shape index (κ3) is 4.18. The van der Waals surface area contributed by atoms with Crippen molar-refractivity contribution in [3.05, 3.63) is 29.1 Å². The molecule has 174 valence electrons. The summed E-state index contributed by atoms with van der Waals surface area (Å²) in [5.74, 6) is 1.52. The molecule has 3 atom stereocenters. The van der Waals surface area contributed by atoms with Crippen LogP contribution in [0.25, 0.3) is 0 Å². The predicted molar refractivity (Wildman–Crippen MR) is 122 cm³/mol. The Labute approximate surface area is 190 Å². The van der Waals surface area contributed by atoms with E-state index in [-0.39, 0.29) is 29.6 Å². The van der Waals surface area contributed by atoms with E-state index in [4.69, 9.17) is 0 Å². The Balaban J connectivity index is 1.22. The molecular weight excluding hydrogens is 405 g/mol. The van der Waals surface area contributed by atoms with Crippen LogP contribution in [0.5, 0.6) is 0 Å². The van der Waals surface area contributed by atoms with Gasteiger partial charge in [0, 0.05) is 49.7 Å². The van der Waals surface area contributed by atoms with Gasteiger partial charge in [-0.05, 0) is 74.6 Å². The zero-order valence-corrected chi connectivity index (χ0v) is 19.4. The van der Waals surface area contributed by atoms with E-state index < -0.39 is 0 Å². The lowest BCUT2D eigenvalue weighted by Crippen LogP contribution is -2.54. The highest BCUT2D eigenvalue weighted by Crippen LogP contribution is 2.57. The third-order valence-electron chi connectivity index (χ3n) is 8.54. The molecule has 4 aliphatic rings. The lowest BCUT2D eigenvalue weighted by Gasteiger charge is -2.41. The second kappa shape index (κ2) is 8.77. The normalized spacial score (nSPS) is 30.4. The minimum atomic E-state index is -0.306. The van der Waals surface area contributed by atoms with Crippen molar-refractivity contribution in [2.24, 2.45) is 23.7 Å². The zero-order valence-electron chi connectivity index (χ0n) is 19.4. The highest BCUT2D eigenvalue weighted by atomic mass is 19.1. The summed E-state index contributed by atoms with van der Waals surface area (Å²) in [5, 5.41) is 3.03. The number of carbonyl (C=O) groups excluding carboxylic acids is 2. The van der Waals surface area contributed by atoms with E-state index in [0.29, 0.717) is 30.0 Å². The standard InChI is InChI=1S/C26H36FN3O2/c1-16-14-29(10-11-30(16)26(32)18-6-3-4-7-18)15-19-12-20(27)13-23(17(19)2)28-25(31)24-21-8-5-9-22(21)24/h12-13,16,18,21-22,24H,3-11,14-15H2,1-2H3,(H,28,31)/t16-,21?,22?,24?/m0/s1. The number of nitrogens with zero attached hydrogens (tertiary/aromatic N) is 2. The summed E-state index contributed by atoms with van der Waals surface area (Å²) in [6.07, 6.45) is 7.96. The van der Waals surface area contributed by atoms with Crippen LogP contribution in [0.15, 0.2) is 12.1 Å². The molecule has 5 rings (SSSR count). The van der Waals surface area contributed by atoms with E-state index in [1.807, 2.05) is 6.92 Å². The molecule has 0 radical (unpaired) electrons. The SMILES string of the molecule is Cc1c(CN2CCN(C(=O)C3CCCC3)[C@@H](C)C2)cc(F)cc1NC(=O)C1C2CCCC21. The van der Waals surface area contributed by atoms with Crippen molar-refractivity contribution in [2.45, 2.75) is 71.4 Å². The van der Waals surface area contributed by atoms with Crippen LogP contribution in [-0.2, 0) is 16.1 Å². The van der Waals surface area contributed by atoms with E-state index >= 15 is 0 Å². The van der Waals surface area contributed by atoms with Crippen LogP contribution in [0.2, 0.25) is 0 Å². The topological polar surface area (TPSA) is 52.6 Å². The number of hydrogen-bond donors (Lipinski definition) is 1. The Hall–Kier alpha value is -1.95. The number of fused-ring (bicyclic) bond motifs is 1. The first kappa shape index (κ1) is 21.9. The minimum Gasteiger partial charge on any atom is -0.337 e. The molecule has 2 amide bonds. The molecule has 1 aromatic carbocycles. The maximum absolute atomic E-state index is 14.5. The first-order valence-corrected chi connectivity index (χ1v) is 12.5. The van der Waals surface area contributed by atoms with Crippen molar-refractivity contribution in [1.29, 1.82) is 0 Å². The fourth-order valence-corrected chi connectivity index (χ4v) is 6.61. The van der Waals surface area contributed by atoms with Gasteiger partial charge in [0.2, 0.25) is 11.8 Å². The lowest BCUT2D eigenvalue weighted by molar-refractivity contribution is -0.140. The van der Waals surface area contributed by atoms with Crippen molar-refractivity contribution in [1.82, 2.24) is 9.80 Å². The number of rotatable bonds is 5. The first-order valence-electron chi connectivity index (χ1n) is 12.5. The number of anilines is 1. The van der Waals surface area contributed by atoms with Gasteiger partial charge in [-0.2, -0.15) is 0 Å². The average Bonchev–Trinajstić information content (AvgIpc) is 3.15. The second-order valence-electron chi connectivity index (χ2n) is 10.6. The summed E-state index contributed by atoms with van der Waals surface area (Å²) in [4.78, 5) is 30.0. The van der Waals surface area contributed by atoms with Gasteiger partial charge >= 0.3 is 0 Å². The smallest absolute Gasteiger partial charge is 0.228 e. The molecule has 1 heterocycles. The molecule has 2 unspecified atom stereocenters. The number of nitrogens with one attached hydrogen (secondary N) is 1. The largest absolute Gasteiger partial charge is 0.337 e. The average molecular weight is 442 g/mol. The molecule has 5 nitrogen and oxygen atoms in total. The summed E-state index contributed by atoms with van der Waals surface area (Å²) < 4.78 is 14.5. The van der Waals surface area contributed by atoms with Gasteiger partial charge < -0.3 is 10.2 Å². The number of benzene rings is 1. The van der Waals surface area contributed by atoms with Crippen LogP contribution >= 0.6 is 0 Å². The van der Waals surface area contributed by atoms with Gasteiger partial charge in [0.15, 0.2) is 0 Å². The number of halogens is 1. The Kier molecular flexibility index (Phi) is 5.99. The summed E-state index contributed by atoms with van der Waals surface area (Å²) in [6, 6.07) is 3.21. The highest BCUT2D eigenvalue weighted by molar-refractivity contribution is 5.95. The third-order valence-corrected chi connectivity index (χ3v) is 8.54. The van der Waals surface area contributed by atoms with Gasteiger partial charge in [-0.25, -0.2) is 4.39 Å². The van der Waals surface area contributed by atoms with Crippen LogP contribution in [0, 0.1) is 36.4 Å². The van der Waals surface area contributed by atoms with Crippen molar-refractivity contribution in [2.75, 3.05) is 25.0 Å². The first-order chi connectivity index (χ1) is 15.4. The maximum Gasteiger partial charge on any atom is 0.228 e. The number of amides is 2. The fraction of sp³-hybridized carbons (Fsp3) is 0.692. The summed E-state index contributed by atoms with van der Waals surface area (Å²) >= 11 is 0. The van der Waals surface area contributed by atoms with Crippen LogP contribution in [0.4, 0.5) is 10.1 Å². The summed E-state index contributed by atoms with van der Waals surface area (Å²) in [6.45, 7) is 7.06. The molecule has 0 aromatic heterocycles. The van der Waals surface area contributed by atoms with Gasteiger partial charge in [-0.15, -0.1) is 0 Å². The number of carbonyl (C=O) groups is 2. The molecule has 6 heteroatoms. The Morgan fingerprint density at radius 3 is 2.47 bits per heavy atom. The van der Waals surface area contributed by atoms with Gasteiger partial charge in [-0.3, -0.25) is 14.5 Å².